The summed E-state index contributed by atoms with van der Waals surface area (Å²) in [5.41, 5.74) is -0.742. The average molecular weight is 280 g/mol. The van der Waals surface area contributed by atoms with E-state index in [4.69, 9.17) is 0 Å². The van der Waals surface area contributed by atoms with Gasteiger partial charge in [0.15, 0.2) is 0 Å². The molecule has 4 nitrogen and oxygen atoms in total. The molecule has 1 aromatic carbocycles. The molecule has 5 heteroatoms. The van der Waals surface area contributed by atoms with Crippen LogP contribution in [-0.2, 0) is 15.0 Å². The first-order valence-electron chi connectivity index (χ1n) is 6.45. The summed E-state index contributed by atoms with van der Waals surface area (Å²) in [6.07, 6.45) is 0. The molecule has 0 fully saturated rings. The van der Waals surface area contributed by atoms with Crippen molar-refractivity contribution in [3.8, 4) is 0 Å². The molecule has 0 bridgehead atoms. The third-order valence-corrected chi connectivity index (χ3v) is 3.27. The van der Waals surface area contributed by atoms with Gasteiger partial charge in [-0.05, 0) is 26.8 Å². The van der Waals surface area contributed by atoms with Crippen LogP contribution >= 0.6 is 0 Å². The van der Waals surface area contributed by atoms with Crippen LogP contribution in [0.25, 0.3) is 0 Å². The molecule has 0 saturated heterocycles. The standard InChI is InChI=1S/C15H21FN2O2/c1-10(13(19)18(4)5)17-14(20)15(2,3)11-8-6-7-9-12(11)16/h6-10H,1-5H3,(H,17,20). The van der Waals surface area contributed by atoms with Gasteiger partial charge in [0, 0.05) is 19.7 Å². The van der Waals surface area contributed by atoms with Crippen LogP contribution in [0.2, 0.25) is 0 Å². The van der Waals surface area contributed by atoms with Crippen LogP contribution in [0, 0.1) is 5.82 Å². The molecule has 0 aliphatic heterocycles. The van der Waals surface area contributed by atoms with E-state index in [1.807, 2.05) is 0 Å². The zero-order valence-electron chi connectivity index (χ0n) is 12.5. The summed E-state index contributed by atoms with van der Waals surface area (Å²) in [4.78, 5) is 25.5. The van der Waals surface area contributed by atoms with Gasteiger partial charge in [-0.25, -0.2) is 4.39 Å². The van der Waals surface area contributed by atoms with Crippen LogP contribution in [0.4, 0.5) is 4.39 Å². The van der Waals surface area contributed by atoms with Crippen molar-refractivity contribution in [1.29, 1.82) is 0 Å². The van der Waals surface area contributed by atoms with Crippen molar-refractivity contribution in [2.45, 2.75) is 32.2 Å². The highest BCUT2D eigenvalue weighted by Gasteiger charge is 2.34. The lowest BCUT2D eigenvalue weighted by atomic mass is 9.83. The number of halogens is 1. The molecule has 1 N–H and O–H groups in total. The number of carbonyl (C=O) groups excluding carboxylic acids is 2. The van der Waals surface area contributed by atoms with E-state index in [9.17, 15) is 14.0 Å². The smallest absolute Gasteiger partial charge is 0.244 e. The van der Waals surface area contributed by atoms with Crippen LogP contribution in [0.5, 0.6) is 0 Å². The second kappa shape index (κ2) is 6.03. The van der Waals surface area contributed by atoms with E-state index in [1.165, 1.54) is 11.0 Å². The Hall–Kier alpha value is -1.91. The summed E-state index contributed by atoms with van der Waals surface area (Å²) in [6.45, 7) is 4.87. The molecule has 1 atom stereocenters. The highest BCUT2D eigenvalue weighted by atomic mass is 19.1. The molecule has 1 unspecified atom stereocenters. The lowest BCUT2D eigenvalue weighted by Crippen LogP contribution is -2.50. The first-order valence-corrected chi connectivity index (χ1v) is 6.45. The fourth-order valence-electron chi connectivity index (χ4n) is 1.92. The number of amides is 2. The Kier molecular flexibility index (Phi) is 4.87. The van der Waals surface area contributed by atoms with E-state index >= 15 is 0 Å². The highest BCUT2D eigenvalue weighted by Crippen LogP contribution is 2.26. The van der Waals surface area contributed by atoms with E-state index in [1.54, 1.807) is 53.1 Å². The Morgan fingerprint density at radius 2 is 1.80 bits per heavy atom. The normalized spacial score (nSPS) is 12.7. The summed E-state index contributed by atoms with van der Waals surface area (Å²) in [5.74, 6) is -1.02. The molecule has 1 rings (SSSR count). The summed E-state index contributed by atoms with van der Waals surface area (Å²) >= 11 is 0. The Morgan fingerprint density at radius 3 is 2.30 bits per heavy atom. The number of rotatable bonds is 4. The maximum Gasteiger partial charge on any atom is 0.244 e. The molecule has 0 aliphatic carbocycles. The number of nitrogens with one attached hydrogen (secondary N) is 1. The molecule has 2 amide bonds. The minimum Gasteiger partial charge on any atom is -0.347 e. The average Bonchev–Trinajstić information content (AvgIpc) is 2.37. The van der Waals surface area contributed by atoms with Gasteiger partial charge in [-0.2, -0.15) is 0 Å². The van der Waals surface area contributed by atoms with Gasteiger partial charge in [0.25, 0.3) is 0 Å². The van der Waals surface area contributed by atoms with Crippen LogP contribution in [0.3, 0.4) is 0 Å². The third-order valence-electron chi connectivity index (χ3n) is 3.27. The van der Waals surface area contributed by atoms with Gasteiger partial charge in [0.05, 0.1) is 5.41 Å². The van der Waals surface area contributed by atoms with E-state index < -0.39 is 17.3 Å². The van der Waals surface area contributed by atoms with Crippen molar-refractivity contribution < 1.29 is 14.0 Å². The molecule has 0 heterocycles. The topological polar surface area (TPSA) is 49.4 Å². The van der Waals surface area contributed by atoms with Crippen LogP contribution in [-0.4, -0.2) is 36.9 Å². The van der Waals surface area contributed by atoms with Gasteiger partial charge in [-0.3, -0.25) is 9.59 Å². The van der Waals surface area contributed by atoms with Crippen LogP contribution in [0.1, 0.15) is 26.3 Å². The van der Waals surface area contributed by atoms with Crippen molar-refractivity contribution in [1.82, 2.24) is 10.2 Å². The molecular formula is C15H21FN2O2. The van der Waals surface area contributed by atoms with Crippen molar-refractivity contribution >= 4 is 11.8 Å². The van der Waals surface area contributed by atoms with Gasteiger partial charge in [0.1, 0.15) is 11.9 Å². The van der Waals surface area contributed by atoms with Gasteiger partial charge in [0.2, 0.25) is 11.8 Å². The second-order valence-corrected chi connectivity index (χ2v) is 5.53. The lowest BCUT2D eigenvalue weighted by molar-refractivity contribution is -0.135. The zero-order valence-corrected chi connectivity index (χ0v) is 12.5. The number of nitrogens with zero attached hydrogens (tertiary/aromatic N) is 1. The maximum absolute atomic E-state index is 13.8. The molecule has 110 valence electrons. The first kappa shape index (κ1) is 16.1. The predicted octanol–water partition coefficient (Wildman–Crippen LogP) is 1.70. The van der Waals surface area contributed by atoms with E-state index in [2.05, 4.69) is 5.32 Å². The summed E-state index contributed by atoms with van der Waals surface area (Å²) < 4.78 is 13.8. The number of hydrogen-bond acceptors (Lipinski definition) is 2. The molecule has 0 saturated carbocycles. The van der Waals surface area contributed by atoms with Gasteiger partial charge < -0.3 is 10.2 Å². The van der Waals surface area contributed by atoms with E-state index in [-0.39, 0.29) is 11.8 Å². The maximum atomic E-state index is 13.8. The van der Waals surface area contributed by atoms with E-state index in [0.29, 0.717) is 5.56 Å². The minimum absolute atomic E-state index is 0.206. The van der Waals surface area contributed by atoms with Crippen LogP contribution < -0.4 is 5.32 Å². The first-order chi connectivity index (χ1) is 9.17. The fourth-order valence-corrected chi connectivity index (χ4v) is 1.92. The molecule has 0 spiro atoms. The van der Waals surface area contributed by atoms with Gasteiger partial charge in [-0.15, -0.1) is 0 Å². The molecule has 20 heavy (non-hydrogen) atoms. The monoisotopic (exact) mass is 280 g/mol. The zero-order chi connectivity index (χ0) is 15.5. The Bertz CT molecular complexity index is 512. The molecule has 0 aliphatic rings. The minimum atomic E-state index is -1.05. The van der Waals surface area contributed by atoms with Crippen LogP contribution in [0.15, 0.2) is 24.3 Å². The molecular weight excluding hydrogens is 259 g/mol. The van der Waals surface area contributed by atoms with Crippen molar-refractivity contribution in [3.63, 3.8) is 0 Å². The summed E-state index contributed by atoms with van der Waals surface area (Å²) in [6, 6.07) is 5.50. The third kappa shape index (κ3) is 3.35. The van der Waals surface area contributed by atoms with Gasteiger partial charge >= 0.3 is 0 Å². The molecule has 0 radical (unpaired) electrons. The van der Waals surface area contributed by atoms with Crippen molar-refractivity contribution in [2.75, 3.05) is 14.1 Å². The highest BCUT2D eigenvalue weighted by molar-refractivity contribution is 5.92. The fraction of sp³-hybridized carbons (Fsp3) is 0.467. The van der Waals surface area contributed by atoms with Gasteiger partial charge in [-0.1, -0.05) is 18.2 Å². The number of likely N-dealkylation sites (N-methyl/N-ethyl adjacent to an activating group) is 1. The Morgan fingerprint density at radius 1 is 1.25 bits per heavy atom. The predicted molar refractivity (Wildman–Crippen MR) is 75.7 cm³/mol. The quantitative estimate of drug-likeness (QED) is 0.912. The summed E-state index contributed by atoms with van der Waals surface area (Å²) in [7, 11) is 3.24. The SMILES string of the molecule is CC(NC(=O)C(C)(C)c1ccccc1F)C(=O)N(C)C. The molecule has 1 aromatic rings. The van der Waals surface area contributed by atoms with Crippen molar-refractivity contribution in [2.24, 2.45) is 0 Å². The number of benzene rings is 1. The Balaban J connectivity index is 2.91. The van der Waals surface area contributed by atoms with E-state index in [0.717, 1.165) is 0 Å². The second-order valence-electron chi connectivity index (χ2n) is 5.53. The number of carbonyl (C=O) groups is 2. The Labute approximate surface area is 119 Å². The largest absolute Gasteiger partial charge is 0.347 e. The number of hydrogen-bond donors (Lipinski definition) is 1. The summed E-state index contributed by atoms with van der Waals surface area (Å²) in [5, 5.41) is 2.63. The molecule has 0 aromatic heterocycles. The van der Waals surface area contributed by atoms with Crippen molar-refractivity contribution in [3.05, 3.63) is 35.6 Å². The lowest BCUT2D eigenvalue weighted by Gasteiger charge is -2.27.